The molecule has 0 aliphatic carbocycles. The Morgan fingerprint density at radius 1 is 1.17 bits per heavy atom. The van der Waals surface area contributed by atoms with Crippen molar-refractivity contribution in [3.63, 3.8) is 0 Å². The van der Waals surface area contributed by atoms with Crippen molar-refractivity contribution in [3.05, 3.63) is 12.2 Å². The molecule has 0 saturated carbocycles. The van der Waals surface area contributed by atoms with Crippen molar-refractivity contribution in [2.75, 3.05) is 0 Å². The fourth-order valence-electron chi connectivity index (χ4n) is 2.51. The lowest BCUT2D eigenvalue weighted by molar-refractivity contribution is -0.200. The quantitative estimate of drug-likeness (QED) is 0.669. The molecule has 1 saturated heterocycles. The van der Waals surface area contributed by atoms with E-state index in [1.807, 2.05) is 0 Å². The Balaban J connectivity index is 2.01. The minimum absolute atomic E-state index is 0.113. The Hall–Kier alpha value is -2.51. The van der Waals surface area contributed by atoms with Crippen LogP contribution in [0.3, 0.4) is 0 Å². The summed E-state index contributed by atoms with van der Waals surface area (Å²) in [7, 11) is 0. The zero-order chi connectivity index (χ0) is 17.3. The highest BCUT2D eigenvalue weighted by Crippen LogP contribution is 2.27. The van der Waals surface area contributed by atoms with Gasteiger partial charge in [0.15, 0.2) is 0 Å². The number of hydroxylamine groups is 2. The van der Waals surface area contributed by atoms with Crippen molar-refractivity contribution in [3.8, 4) is 0 Å². The van der Waals surface area contributed by atoms with E-state index < -0.39 is 47.5 Å². The van der Waals surface area contributed by atoms with E-state index >= 15 is 0 Å². The Morgan fingerprint density at radius 3 is 2.26 bits per heavy atom. The van der Waals surface area contributed by atoms with Crippen LogP contribution < -0.4 is 0 Å². The second kappa shape index (κ2) is 6.31. The van der Waals surface area contributed by atoms with Gasteiger partial charge in [-0.25, -0.2) is 4.79 Å². The van der Waals surface area contributed by atoms with Crippen molar-refractivity contribution >= 4 is 29.6 Å². The summed E-state index contributed by atoms with van der Waals surface area (Å²) >= 11 is 0. The number of hydrogen-bond acceptors (Lipinski definition) is 6. The van der Waals surface area contributed by atoms with Crippen LogP contribution in [0.1, 0.15) is 33.6 Å². The van der Waals surface area contributed by atoms with Crippen LogP contribution in [-0.2, 0) is 28.8 Å². The lowest BCUT2D eigenvalue weighted by atomic mass is 9.98. The summed E-state index contributed by atoms with van der Waals surface area (Å²) in [6.07, 6.45) is 2.35. The number of hydrogen-bond donors (Lipinski definition) is 0. The molecule has 0 N–H and O–H groups in total. The van der Waals surface area contributed by atoms with Gasteiger partial charge in [-0.15, -0.1) is 5.06 Å². The SMILES string of the molecule is CC(C)C(=O)ON1C(=O)CC(CC(C)N2C(=O)C=CC2=O)C1=O. The number of carbonyl (C=O) groups is 5. The molecule has 23 heavy (non-hydrogen) atoms. The van der Waals surface area contributed by atoms with Crippen molar-refractivity contribution < 1.29 is 28.8 Å². The maximum absolute atomic E-state index is 12.2. The van der Waals surface area contributed by atoms with E-state index in [2.05, 4.69) is 0 Å². The molecule has 8 nitrogen and oxygen atoms in total. The molecule has 0 aromatic rings. The number of carbonyl (C=O) groups excluding carboxylic acids is 5. The topological polar surface area (TPSA) is 101 Å². The average Bonchev–Trinajstić information content (AvgIpc) is 2.93. The molecular weight excluding hydrogens is 304 g/mol. The van der Waals surface area contributed by atoms with Gasteiger partial charge >= 0.3 is 5.97 Å². The number of amides is 4. The molecule has 0 spiro atoms. The van der Waals surface area contributed by atoms with E-state index in [1.54, 1.807) is 20.8 Å². The van der Waals surface area contributed by atoms with Gasteiger partial charge in [-0.05, 0) is 13.3 Å². The van der Waals surface area contributed by atoms with Gasteiger partial charge in [0.2, 0.25) is 0 Å². The van der Waals surface area contributed by atoms with Crippen molar-refractivity contribution in [1.29, 1.82) is 0 Å². The van der Waals surface area contributed by atoms with Crippen LogP contribution in [0.5, 0.6) is 0 Å². The van der Waals surface area contributed by atoms with Crippen LogP contribution in [0, 0.1) is 11.8 Å². The molecule has 2 unspecified atom stereocenters. The zero-order valence-electron chi connectivity index (χ0n) is 13.1. The maximum atomic E-state index is 12.2. The van der Waals surface area contributed by atoms with Crippen LogP contribution in [-0.4, -0.2) is 45.6 Å². The molecule has 124 valence electrons. The zero-order valence-corrected chi connectivity index (χ0v) is 13.1. The smallest absolute Gasteiger partial charge is 0.330 e. The Bertz CT molecular complexity index is 591. The minimum Gasteiger partial charge on any atom is -0.330 e. The van der Waals surface area contributed by atoms with Crippen LogP contribution >= 0.6 is 0 Å². The third-order valence-electron chi connectivity index (χ3n) is 3.76. The summed E-state index contributed by atoms with van der Waals surface area (Å²) in [5.41, 5.74) is 0. The highest BCUT2D eigenvalue weighted by molar-refractivity contribution is 6.13. The third-order valence-corrected chi connectivity index (χ3v) is 3.76. The summed E-state index contributed by atoms with van der Waals surface area (Å²) in [4.78, 5) is 64.7. The monoisotopic (exact) mass is 322 g/mol. The summed E-state index contributed by atoms with van der Waals surface area (Å²) in [6.45, 7) is 4.80. The van der Waals surface area contributed by atoms with E-state index in [0.29, 0.717) is 5.06 Å². The normalized spacial score (nSPS) is 22.5. The van der Waals surface area contributed by atoms with Gasteiger partial charge < -0.3 is 4.84 Å². The van der Waals surface area contributed by atoms with Crippen LogP contribution in [0.4, 0.5) is 0 Å². The Labute approximate surface area is 133 Å². The Morgan fingerprint density at radius 2 is 1.74 bits per heavy atom. The van der Waals surface area contributed by atoms with Gasteiger partial charge in [0.05, 0.1) is 11.8 Å². The van der Waals surface area contributed by atoms with E-state index in [1.165, 1.54) is 0 Å². The molecular formula is C15H18N2O6. The molecule has 0 aromatic heterocycles. The van der Waals surface area contributed by atoms with Gasteiger partial charge in [-0.3, -0.25) is 24.1 Å². The highest BCUT2D eigenvalue weighted by atomic mass is 16.7. The lowest BCUT2D eigenvalue weighted by Crippen LogP contribution is -2.40. The van der Waals surface area contributed by atoms with Gasteiger partial charge in [-0.2, -0.15) is 0 Å². The van der Waals surface area contributed by atoms with Gasteiger partial charge in [0, 0.05) is 24.6 Å². The maximum Gasteiger partial charge on any atom is 0.335 e. The first-order valence-electron chi connectivity index (χ1n) is 7.36. The molecule has 2 aliphatic heterocycles. The molecule has 2 heterocycles. The number of rotatable bonds is 5. The molecule has 1 fully saturated rings. The highest BCUT2D eigenvalue weighted by Gasteiger charge is 2.43. The van der Waals surface area contributed by atoms with Crippen LogP contribution in [0.15, 0.2) is 12.2 Å². The molecule has 2 atom stereocenters. The molecule has 0 bridgehead atoms. The predicted octanol–water partition coefficient (Wildman–Crippen LogP) is 0.179. The van der Waals surface area contributed by atoms with Gasteiger partial charge in [0.25, 0.3) is 23.6 Å². The van der Waals surface area contributed by atoms with E-state index in [9.17, 15) is 24.0 Å². The summed E-state index contributed by atoms with van der Waals surface area (Å²) in [6, 6.07) is -0.535. The lowest BCUT2D eigenvalue weighted by Gasteiger charge is -2.24. The third kappa shape index (κ3) is 3.30. The van der Waals surface area contributed by atoms with Crippen molar-refractivity contribution in [2.45, 2.75) is 39.7 Å². The van der Waals surface area contributed by atoms with Gasteiger partial charge in [-0.1, -0.05) is 13.8 Å². The van der Waals surface area contributed by atoms with Crippen LogP contribution in [0.2, 0.25) is 0 Å². The van der Waals surface area contributed by atoms with E-state index in [-0.39, 0.29) is 12.8 Å². The van der Waals surface area contributed by atoms with Crippen molar-refractivity contribution in [1.82, 2.24) is 9.96 Å². The number of nitrogens with zero attached hydrogens (tertiary/aromatic N) is 2. The second-order valence-electron chi connectivity index (χ2n) is 5.96. The van der Waals surface area contributed by atoms with E-state index in [0.717, 1.165) is 17.1 Å². The fraction of sp³-hybridized carbons (Fsp3) is 0.533. The molecule has 2 rings (SSSR count). The second-order valence-corrected chi connectivity index (χ2v) is 5.96. The molecule has 0 aromatic carbocycles. The van der Waals surface area contributed by atoms with Gasteiger partial charge in [0.1, 0.15) is 0 Å². The first-order valence-corrected chi connectivity index (χ1v) is 7.36. The first kappa shape index (κ1) is 16.9. The number of imide groups is 2. The summed E-state index contributed by atoms with van der Waals surface area (Å²) in [5, 5.41) is 0.492. The van der Waals surface area contributed by atoms with Crippen LogP contribution in [0.25, 0.3) is 0 Å². The minimum atomic E-state index is -0.723. The molecule has 2 aliphatic rings. The summed E-state index contributed by atoms with van der Waals surface area (Å²) in [5.74, 6) is -3.97. The first-order chi connectivity index (χ1) is 10.7. The Kier molecular flexibility index (Phi) is 4.63. The molecule has 8 heteroatoms. The average molecular weight is 322 g/mol. The molecule has 0 radical (unpaired) electrons. The predicted molar refractivity (Wildman–Crippen MR) is 76.0 cm³/mol. The standard InChI is InChI=1S/C15H18N2O6/c1-8(2)15(22)23-17-13(20)7-10(14(17)21)6-9(3)16-11(18)4-5-12(16)19/h4-5,8-10H,6-7H2,1-3H3. The largest absolute Gasteiger partial charge is 0.335 e. The molecule has 4 amide bonds. The summed E-state index contributed by atoms with van der Waals surface area (Å²) < 4.78 is 0. The fourth-order valence-corrected chi connectivity index (χ4v) is 2.51. The van der Waals surface area contributed by atoms with E-state index in [4.69, 9.17) is 4.84 Å². The van der Waals surface area contributed by atoms with Crippen molar-refractivity contribution in [2.24, 2.45) is 11.8 Å².